The van der Waals surface area contributed by atoms with E-state index in [0.717, 1.165) is 0 Å². The van der Waals surface area contributed by atoms with Gasteiger partial charge in [-0.15, -0.1) is 0 Å². The number of anilines is 1. The highest BCUT2D eigenvalue weighted by Gasteiger charge is 2.13. The summed E-state index contributed by atoms with van der Waals surface area (Å²) in [5, 5.41) is 0.436. The van der Waals surface area contributed by atoms with Crippen molar-refractivity contribution in [3.05, 3.63) is 41.0 Å². The summed E-state index contributed by atoms with van der Waals surface area (Å²) in [6.45, 7) is 0. The molecule has 1 amide bonds. The van der Waals surface area contributed by atoms with E-state index < -0.39 is 5.91 Å². The molecule has 6 heteroatoms. The Kier molecular flexibility index (Phi) is 3.57. The number of hydrogen-bond acceptors (Lipinski definition) is 4. The van der Waals surface area contributed by atoms with Gasteiger partial charge >= 0.3 is 0 Å². The molecule has 1 aromatic heterocycles. The Morgan fingerprint density at radius 3 is 2.68 bits per heavy atom. The van der Waals surface area contributed by atoms with Crippen LogP contribution < -0.4 is 16.2 Å². The number of aromatic nitrogens is 1. The van der Waals surface area contributed by atoms with E-state index in [0.29, 0.717) is 22.0 Å². The first-order valence-corrected chi connectivity index (χ1v) is 5.80. The van der Waals surface area contributed by atoms with E-state index in [-0.39, 0.29) is 11.3 Å². The van der Waals surface area contributed by atoms with Crippen LogP contribution in [0.1, 0.15) is 10.4 Å². The summed E-state index contributed by atoms with van der Waals surface area (Å²) in [4.78, 5) is 15.4. The van der Waals surface area contributed by atoms with Crippen LogP contribution in [0.2, 0.25) is 5.02 Å². The average Bonchev–Trinajstić information content (AvgIpc) is 2.38. The second-order valence-corrected chi connectivity index (χ2v) is 4.24. The van der Waals surface area contributed by atoms with Crippen molar-refractivity contribution in [3.63, 3.8) is 0 Å². The maximum Gasteiger partial charge on any atom is 0.250 e. The van der Waals surface area contributed by atoms with Crippen LogP contribution in [-0.4, -0.2) is 18.0 Å². The summed E-state index contributed by atoms with van der Waals surface area (Å²) in [5.74, 6) is -0.0456. The molecule has 2 rings (SSSR count). The summed E-state index contributed by atoms with van der Waals surface area (Å²) in [6, 6.07) is 6.61. The fraction of sp³-hybridized carbons (Fsp3) is 0.0769. The Balaban J connectivity index is 2.56. The number of primary amides is 1. The normalized spacial score (nSPS) is 10.2. The van der Waals surface area contributed by atoms with Crippen molar-refractivity contribution in [3.8, 4) is 17.0 Å². The number of nitrogen functional groups attached to an aromatic ring is 1. The highest BCUT2D eigenvalue weighted by molar-refractivity contribution is 6.32. The van der Waals surface area contributed by atoms with E-state index >= 15 is 0 Å². The Hall–Kier alpha value is -2.27. The first-order chi connectivity index (χ1) is 9.04. The SMILES string of the molecule is COc1ccc(-c2nccc(C(N)=O)c2N)cc1Cl. The predicted octanol–water partition coefficient (Wildman–Crippen LogP) is 2.09. The van der Waals surface area contributed by atoms with Crippen molar-refractivity contribution in [1.29, 1.82) is 0 Å². The zero-order valence-corrected chi connectivity index (χ0v) is 10.9. The molecule has 1 heterocycles. The van der Waals surface area contributed by atoms with Crippen LogP contribution in [0.4, 0.5) is 5.69 Å². The minimum Gasteiger partial charge on any atom is -0.495 e. The molecule has 0 radical (unpaired) electrons. The standard InChI is InChI=1S/C13H12ClN3O2/c1-19-10-3-2-7(6-9(10)14)12-11(15)8(13(16)18)4-5-17-12/h2-6H,15H2,1H3,(H2,16,18). The maximum atomic E-state index is 11.2. The second kappa shape index (κ2) is 5.16. The van der Waals surface area contributed by atoms with Crippen LogP contribution in [0, 0.1) is 0 Å². The van der Waals surface area contributed by atoms with Crippen LogP contribution in [0.3, 0.4) is 0 Å². The first-order valence-electron chi connectivity index (χ1n) is 5.42. The monoisotopic (exact) mass is 277 g/mol. The zero-order chi connectivity index (χ0) is 14.0. The highest BCUT2D eigenvalue weighted by atomic mass is 35.5. The summed E-state index contributed by atoms with van der Waals surface area (Å²) in [6.07, 6.45) is 1.48. The molecular weight excluding hydrogens is 266 g/mol. The van der Waals surface area contributed by atoms with E-state index in [1.165, 1.54) is 19.4 Å². The lowest BCUT2D eigenvalue weighted by Crippen LogP contribution is -2.14. The lowest BCUT2D eigenvalue weighted by Gasteiger charge is -2.09. The zero-order valence-electron chi connectivity index (χ0n) is 10.2. The van der Waals surface area contributed by atoms with Gasteiger partial charge in [-0.05, 0) is 24.3 Å². The van der Waals surface area contributed by atoms with Gasteiger partial charge in [0.1, 0.15) is 5.75 Å². The largest absolute Gasteiger partial charge is 0.495 e. The summed E-state index contributed by atoms with van der Waals surface area (Å²) in [7, 11) is 1.53. The first kappa shape index (κ1) is 13.2. The van der Waals surface area contributed by atoms with Gasteiger partial charge < -0.3 is 16.2 Å². The number of nitrogens with zero attached hydrogens (tertiary/aromatic N) is 1. The fourth-order valence-corrected chi connectivity index (χ4v) is 1.99. The number of amides is 1. The number of methoxy groups -OCH3 is 1. The molecule has 0 saturated carbocycles. The number of rotatable bonds is 3. The fourth-order valence-electron chi connectivity index (χ4n) is 1.73. The molecule has 0 spiro atoms. The molecule has 0 unspecified atom stereocenters. The summed E-state index contributed by atoms with van der Waals surface area (Å²) in [5.41, 5.74) is 12.8. The smallest absolute Gasteiger partial charge is 0.250 e. The van der Waals surface area contributed by atoms with Gasteiger partial charge in [-0.2, -0.15) is 0 Å². The molecule has 0 atom stereocenters. The molecule has 0 aliphatic heterocycles. The van der Waals surface area contributed by atoms with Gasteiger partial charge in [-0.1, -0.05) is 11.6 Å². The van der Waals surface area contributed by atoms with E-state index in [2.05, 4.69) is 4.98 Å². The molecule has 0 aliphatic carbocycles. The molecule has 1 aromatic carbocycles. The Morgan fingerprint density at radius 1 is 1.37 bits per heavy atom. The third-order valence-electron chi connectivity index (χ3n) is 2.68. The molecule has 0 bridgehead atoms. The van der Waals surface area contributed by atoms with Gasteiger partial charge in [0.25, 0.3) is 5.91 Å². The third kappa shape index (κ3) is 2.46. The number of carbonyl (C=O) groups is 1. The van der Waals surface area contributed by atoms with Crippen molar-refractivity contribution in [2.24, 2.45) is 5.73 Å². The molecule has 5 nitrogen and oxygen atoms in total. The number of ether oxygens (including phenoxy) is 1. The highest BCUT2D eigenvalue weighted by Crippen LogP contribution is 2.32. The number of carbonyl (C=O) groups excluding carboxylic acids is 1. The minimum absolute atomic E-state index is 0.233. The lowest BCUT2D eigenvalue weighted by atomic mass is 10.1. The van der Waals surface area contributed by atoms with Gasteiger partial charge in [-0.25, -0.2) is 0 Å². The third-order valence-corrected chi connectivity index (χ3v) is 2.98. The van der Waals surface area contributed by atoms with Gasteiger partial charge in [0.15, 0.2) is 0 Å². The predicted molar refractivity (Wildman–Crippen MR) is 74.2 cm³/mol. The van der Waals surface area contributed by atoms with Crippen molar-refractivity contribution >= 4 is 23.2 Å². The molecule has 0 saturated heterocycles. The van der Waals surface area contributed by atoms with Crippen molar-refractivity contribution in [2.45, 2.75) is 0 Å². The topological polar surface area (TPSA) is 91.2 Å². The molecule has 98 valence electrons. The van der Waals surface area contributed by atoms with Crippen LogP contribution in [0.15, 0.2) is 30.5 Å². The molecule has 0 fully saturated rings. The number of hydrogen-bond donors (Lipinski definition) is 2. The van der Waals surface area contributed by atoms with Gasteiger partial charge in [0.2, 0.25) is 0 Å². The molecule has 2 aromatic rings. The minimum atomic E-state index is -0.597. The Bertz CT molecular complexity index is 644. The van der Waals surface area contributed by atoms with Crippen molar-refractivity contribution in [1.82, 2.24) is 4.98 Å². The maximum absolute atomic E-state index is 11.2. The van der Waals surface area contributed by atoms with E-state index in [4.69, 9.17) is 27.8 Å². The number of pyridine rings is 1. The molecular formula is C13H12ClN3O2. The van der Waals surface area contributed by atoms with Crippen LogP contribution in [-0.2, 0) is 0 Å². The van der Waals surface area contributed by atoms with Crippen molar-refractivity contribution < 1.29 is 9.53 Å². The Morgan fingerprint density at radius 2 is 2.11 bits per heavy atom. The lowest BCUT2D eigenvalue weighted by molar-refractivity contribution is 0.100. The Labute approximate surface area is 115 Å². The van der Waals surface area contributed by atoms with Gasteiger partial charge in [-0.3, -0.25) is 9.78 Å². The van der Waals surface area contributed by atoms with Crippen molar-refractivity contribution in [2.75, 3.05) is 12.8 Å². The summed E-state index contributed by atoms with van der Waals surface area (Å²) < 4.78 is 5.07. The van der Waals surface area contributed by atoms with E-state index in [1.807, 2.05) is 0 Å². The number of halogens is 1. The number of benzene rings is 1. The van der Waals surface area contributed by atoms with Crippen LogP contribution in [0.25, 0.3) is 11.3 Å². The van der Waals surface area contributed by atoms with Crippen LogP contribution in [0.5, 0.6) is 5.75 Å². The van der Waals surface area contributed by atoms with Crippen LogP contribution >= 0.6 is 11.6 Å². The average molecular weight is 278 g/mol. The van der Waals surface area contributed by atoms with Gasteiger partial charge in [0.05, 0.1) is 29.1 Å². The molecule has 4 N–H and O–H groups in total. The second-order valence-electron chi connectivity index (χ2n) is 3.83. The van der Waals surface area contributed by atoms with Gasteiger partial charge in [0, 0.05) is 11.8 Å². The van der Waals surface area contributed by atoms with E-state index in [1.54, 1.807) is 18.2 Å². The number of nitrogens with two attached hydrogens (primary N) is 2. The van der Waals surface area contributed by atoms with E-state index in [9.17, 15) is 4.79 Å². The molecule has 0 aliphatic rings. The molecule has 19 heavy (non-hydrogen) atoms. The summed E-state index contributed by atoms with van der Waals surface area (Å²) >= 11 is 6.05. The quantitative estimate of drug-likeness (QED) is 0.899.